The Labute approximate surface area is 162 Å². The van der Waals surface area contributed by atoms with Crippen LogP contribution < -0.4 is 0 Å². The van der Waals surface area contributed by atoms with Crippen molar-refractivity contribution in [1.82, 2.24) is 9.80 Å². The third-order valence-corrected chi connectivity index (χ3v) is 6.54. The van der Waals surface area contributed by atoms with Crippen molar-refractivity contribution in [2.75, 3.05) is 26.2 Å². The van der Waals surface area contributed by atoms with Crippen molar-refractivity contribution in [3.63, 3.8) is 0 Å². The second-order valence-electron chi connectivity index (χ2n) is 8.54. The maximum Gasteiger partial charge on any atom is 0.227 e. The zero-order valence-corrected chi connectivity index (χ0v) is 16.4. The molecule has 1 amide bonds. The van der Waals surface area contributed by atoms with Crippen LogP contribution >= 0.6 is 0 Å². The van der Waals surface area contributed by atoms with Gasteiger partial charge in [0.05, 0.1) is 6.42 Å². The van der Waals surface area contributed by atoms with Crippen LogP contribution in [0.25, 0.3) is 0 Å². The fourth-order valence-electron chi connectivity index (χ4n) is 5.03. The standard InChI is InChI=1S/C23H32N2O2/c26-22-9-2-1-7-19-15-18(10-11-21(19)22)16-23(27)25-14-4-3-8-20(25)17-24-12-5-6-13-24/h10-11,15,20H,1-9,12-14,16-17H2/t20-/m0/s1. The largest absolute Gasteiger partial charge is 0.338 e. The van der Waals surface area contributed by atoms with Crippen molar-refractivity contribution in [3.8, 4) is 0 Å². The average Bonchev–Trinajstić information content (AvgIpc) is 3.11. The van der Waals surface area contributed by atoms with E-state index < -0.39 is 0 Å². The number of hydrogen-bond acceptors (Lipinski definition) is 3. The van der Waals surface area contributed by atoms with Gasteiger partial charge in [0.1, 0.15) is 0 Å². The molecule has 0 saturated carbocycles. The van der Waals surface area contributed by atoms with Crippen molar-refractivity contribution < 1.29 is 9.59 Å². The summed E-state index contributed by atoms with van der Waals surface area (Å²) in [4.78, 5) is 30.0. The minimum Gasteiger partial charge on any atom is -0.338 e. The number of carbonyl (C=O) groups is 2. The van der Waals surface area contributed by atoms with Crippen LogP contribution in [0.15, 0.2) is 18.2 Å². The van der Waals surface area contributed by atoms with Crippen LogP contribution in [0.1, 0.15) is 72.9 Å². The number of hydrogen-bond donors (Lipinski definition) is 0. The highest BCUT2D eigenvalue weighted by Gasteiger charge is 2.29. The molecule has 0 unspecified atom stereocenters. The van der Waals surface area contributed by atoms with E-state index in [1.165, 1.54) is 32.4 Å². The van der Waals surface area contributed by atoms with Crippen LogP contribution in [0.3, 0.4) is 0 Å². The lowest BCUT2D eigenvalue weighted by Gasteiger charge is -2.38. The Morgan fingerprint density at radius 3 is 2.59 bits per heavy atom. The smallest absolute Gasteiger partial charge is 0.227 e. The zero-order chi connectivity index (χ0) is 18.6. The summed E-state index contributed by atoms with van der Waals surface area (Å²) >= 11 is 0. The van der Waals surface area contributed by atoms with Gasteiger partial charge in [-0.15, -0.1) is 0 Å². The number of likely N-dealkylation sites (tertiary alicyclic amines) is 2. The first kappa shape index (κ1) is 18.7. The fourth-order valence-corrected chi connectivity index (χ4v) is 5.03. The van der Waals surface area contributed by atoms with E-state index in [1.807, 2.05) is 12.1 Å². The average molecular weight is 369 g/mol. The number of Topliss-reactive ketones (excluding diaryl/α,β-unsaturated/α-hetero) is 1. The minimum absolute atomic E-state index is 0.263. The molecule has 1 aliphatic carbocycles. The zero-order valence-electron chi connectivity index (χ0n) is 16.4. The Morgan fingerprint density at radius 1 is 0.963 bits per heavy atom. The van der Waals surface area contributed by atoms with E-state index in [0.717, 1.165) is 61.9 Å². The molecule has 4 nitrogen and oxygen atoms in total. The van der Waals surface area contributed by atoms with Gasteiger partial charge in [-0.05, 0) is 75.6 Å². The summed E-state index contributed by atoms with van der Waals surface area (Å²) in [5, 5.41) is 0. The Hall–Kier alpha value is -1.68. The summed E-state index contributed by atoms with van der Waals surface area (Å²) in [5.41, 5.74) is 3.10. The van der Waals surface area contributed by atoms with Crippen molar-refractivity contribution >= 4 is 11.7 Å². The first-order valence-corrected chi connectivity index (χ1v) is 10.9. The predicted molar refractivity (Wildman–Crippen MR) is 107 cm³/mol. The molecule has 2 aliphatic heterocycles. The molecule has 1 aromatic rings. The van der Waals surface area contributed by atoms with Crippen LogP contribution in [-0.2, 0) is 17.6 Å². The first-order valence-electron chi connectivity index (χ1n) is 10.9. The maximum absolute atomic E-state index is 13.1. The molecule has 1 aromatic carbocycles. The molecule has 0 aromatic heterocycles. The van der Waals surface area contributed by atoms with Gasteiger partial charge in [-0.3, -0.25) is 9.59 Å². The lowest BCUT2D eigenvalue weighted by molar-refractivity contribution is -0.134. The van der Waals surface area contributed by atoms with Crippen LogP contribution in [0.4, 0.5) is 0 Å². The second kappa shape index (κ2) is 8.55. The van der Waals surface area contributed by atoms with Gasteiger partial charge < -0.3 is 9.80 Å². The highest BCUT2D eigenvalue weighted by molar-refractivity contribution is 5.98. The summed E-state index contributed by atoms with van der Waals surface area (Å²) < 4.78 is 0. The van der Waals surface area contributed by atoms with Gasteiger partial charge in [0.15, 0.2) is 5.78 Å². The van der Waals surface area contributed by atoms with Crippen molar-refractivity contribution in [2.45, 2.75) is 70.3 Å². The molecule has 4 rings (SSSR count). The molecule has 2 heterocycles. The quantitative estimate of drug-likeness (QED) is 0.762. The van der Waals surface area contributed by atoms with Gasteiger partial charge in [-0.25, -0.2) is 0 Å². The number of rotatable bonds is 4. The lowest BCUT2D eigenvalue weighted by atomic mass is 9.96. The predicted octanol–water partition coefficient (Wildman–Crippen LogP) is 3.62. The first-order chi connectivity index (χ1) is 13.2. The SMILES string of the molecule is O=C1CCCCc2cc(CC(=O)N3CCCC[C@H]3CN3CCCC3)ccc21. The number of amides is 1. The van der Waals surface area contributed by atoms with E-state index in [0.29, 0.717) is 18.9 Å². The van der Waals surface area contributed by atoms with E-state index >= 15 is 0 Å². The monoisotopic (exact) mass is 368 g/mol. The topological polar surface area (TPSA) is 40.6 Å². The Morgan fingerprint density at radius 2 is 1.74 bits per heavy atom. The number of piperidine rings is 1. The Balaban J connectivity index is 1.44. The van der Waals surface area contributed by atoms with Gasteiger partial charge in [0, 0.05) is 31.1 Å². The molecular weight excluding hydrogens is 336 g/mol. The molecule has 146 valence electrons. The van der Waals surface area contributed by atoms with Crippen LogP contribution in [-0.4, -0.2) is 53.7 Å². The second-order valence-corrected chi connectivity index (χ2v) is 8.54. The van der Waals surface area contributed by atoms with E-state index in [2.05, 4.69) is 15.9 Å². The molecule has 0 radical (unpaired) electrons. The van der Waals surface area contributed by atoms with Gasteiger partial charge in [-0.2, -0.15) is 0 Å². The molecular formula is C23H32N2O2. The van der Waals surface area contributed by atoms with E-state index in [4.69, 9.17) is 0 Å². The molecule has 2 saturated heterocycles. The third kappa shape index (κ3) is 4.43. The van der Waals surface area contributed by atoms with Crippen LogP contribution in [0.2, 0.25) is 0 Å². The molecule has 27 heavy (non-hydrogen) atoms. The minimum atomic E-state index is 0.263. The van der Waals surface area contributed by atoms with Gasteiger partial charge in [0.2, 0.25) is 5.91 Å². The molecule has 3 aliphatic rings. The third-order valence-electron chi connectivity index (χ3n) is 6.54. The van der Waals surface area contributed by atoms with E-state index in [1.54, 1.807) is 0 Å². The highest BCUT2D eigenvalue weighted by Crippen LogP contribution is 2.24. The molecule has 0 N–H and O–H groups in total. The lowest BCUT2D eigenvalue weighted by Crippen LogP contribution is -2.49. The highest BCUT2D eigenvalue weighted by atomic mass is 16.2. The summed E-state index contributed by atoms with van der Waals surface area (Å²) in [5.74, 6) is 0.529. The van der Waals surface area contributed by atoms with Crippen molar-refractivity contribution in [3.05, 3.63) is 34.9 Å². The van der Waals surface area contributed by atoms with Gasteiger partial charge >= 0.3 is 0 Å². The Bertz CT molecular complexity index is 694. The normalized spacial score (nSPS) is 23.9. The number of fused-ring (bicyclic) bond motifs is 1. The summed E-state index contributed by atoms with van der Waals surface area (Å²) in [7, 11) is 0. The number of aryl methyl sites for hydroxylation is 1. The van der Waals surface area contributed by atoms with E-state index in [9.17, 15) is 9.59 Å². The Kier molecular flexibility index (Phi) is 5.92. The van der Waals surface area contributed by atoms with Crippen LogP contribution in [0.5, 0.6) is 0 Å². The summed E-state index contributed by atoms with van der Waals surface area (Å²) in [6, 6.07) is 6.46. The molecule has 1 atom stereocenters. The number of benzene rings is 1. The molecule has 2 fully saturated rings. The maximum atomic E-state index is 13.1. The van der Waals surface area contributed by atoms with Crippen LogP contribution in [0, 0.1) is 0 Å². The fraction of sp³-hybridized carbons (Fsp3) is 0.652. The van der Waals surface area contributed by atoms with Gasteiger partial charge in [0.25, 0.3) is 0 Å². The molecule has 0 spiro atoms. The number of ketones is 1. The molecule has 4 heteroatoms. The van der Waals surface area contributed by atoms with Crippen molar-refractivity contribution in [1.29, 1.82) is 0 Å². The summed E-state index contributed by atoms with van der Waals surface area (Å²) in [6.07, 6.45) is 10.3. The van der Waals surface area contributed by atoms with Crippen molar-refractivity contribution in [2.24, 2.45) is 0 Å². The van der Waals surface area contributed by atoms with Gasteiger partial charge in [-0.1, -0.05) is 18.2 Å². The summed E-state index contributed by atoms with van der Waals surface area (Å²) in [6.45, 7) is 4.33. The number of nitrogens with zero attached hydrogens (tertiary/aromatic N) is 2. The molecule has 0 bridgehead atoms. The number of carbonyl (C=O) groups excluding carboxylic acids is 2. The van der Waals surface area contributed by atoms with E-state index in [-0.39, 0.29) is 11.7 Å².